The van der Waals surface area contributed by atoms with Crippen LogP contribution >= 0.6 is 0 Å². The molecule has 2 aromatic rings. The molecule has 8 heteroatoms. The predicted molar refractivity (Wildman–Crippen MR) is 145 cm³/mol. The summed E-state index contributed by atoms with van der Waals surface area (Å²) in [6.07, 6.45) is 3.20. The minimum Gasteiger partial charge on any atom is -0.496 e. The van der Waals surface area contributed by atoms with Gasteiger partial charge < -0.3 is 30.5 Å². The van der Waals surface area contributed by atoms with E-state index in [1.165, 1.54) is 11.1 Å². The van der Waals surface area contributed by atoms with Crippen molar-refractivity contribution >= 4 is 29.0 Å². The average Bonchev–Trinajstić information content (AvgIpc) is 2.84. The number of nitrogens with zero attached hydrogens (tertiary/aromatic N) is 2. The molecule has 36 heavy (non-hydrogen) atoms. The number of ether oxygens (including phenoxy) is 1. The Bertz CT molecular complexity index is 1110. The minimum atomic E-state index is -0.0473. The van der Waals surface area contributed by atoms with Crippen LogP contribution in [0.25, 0.3) is 0 Å². The van der Waals surface area contributed by atoms with E-state index in [1.807, 2.05) is 36.1 Å². The number of hydrogen-bond donors (Lipinski definition) is 3. The Kier molecular flexibility index (Phi) is 8.04. The maximum Gasteiger partial charge on any atom is 0.322 e. The number of amides is 3. The topological polar surface area (TPSA) is 85.9 Å². The largest absolute Gasteiger partial charge is 0.496 e. The number of carbonyl (C=O) groups excluding carboxylic acids is 2. The molecule has 1 aliphatic carbocycles. The first-order chi connectivity index (χ1) is 17.2. The van der Waals surface area contributed by atoms with Crippen LogP contribution in [0.4, 0.5) is 21.9 Å². The predicted octanol–water partition coefficient (Wildman–Crippen LogP) is 4.83. The molecule has 194 valence electrons. The molecule has 3 N–H and O–H groups in total. The van der Waals surface area contributed by atoms with Gasteiger partial charge >= 0.3 is 6.03 Å². The van der Waals surface area contributed by atoms with Gasteiger partial charge in [0.05, 0.1) is 13.7 Å². The van der Waals surface area contributed by atoms with E-state index in [0.29, 0.717) is 6.54 Å². The Balaban J connectivity index is 1.34. The van der Waals surface area contributed by atoms with Crippen LogP contribution in [0.3, 0.4) is 0 Å². The van der Waals surface area contributed by atoms with Crippen LogP contribution in [-0.4, -0.2) is 62.1 Å². The summed E-state index contributed by atoms with van der Waals surface area (Å²) >= 11 is 0. The Hall–Kier alpha value is -3.26. The lowest BCUT2D eigenvalue weighted by Crippen LogP contribution is -2.47. The highest BCUT2D eigenvalue weighted by Gasteiger charge is 2.34. The Morgan fingerprint density at radius 3 is 2.47 bits per heavy atom. The van der Waals surface area contributed by atoms with Crippen molar-refractivity contribution in [3.63, 3.8) is 0 Å². The third-order valence-corrected chi connectivity index (χ3v) is 7.36. The van der Waals surface area contributed by atoms with E-state index in [-0.39, 0.29) is 23.9 Å². The molecule has 0 bridgehead atoms. The van der Waals surface area contributed by atoms with Crippen LogP contribution in [0, 0.1) is 19.8 Å². The number of anilines is 3. The lowest BCUT2D eigenvalue weighted by Gasteiger charge is -2.39. The van der Waals surface area contributed by atoms with Crippen molar-refractivity contribution in [3.8, 4) is 5.75 Å². The molecule has 4 rings (SSSR count). The van der Waals surface area contributed by atoms with Crippen molar-refractivity contribution in [2.24, 2.45) is 5.92 Å². The van der Waals surface area contributed by atoms with Gasteiger partial charge in [0.2, 0.25) is 5.91 Å². The lowest BCUT2D eigenvalue weighted by atomic mass is 9.84. The maximum absolute atomic E-state index is 13.0. The first-order valence-electron chi connectivity index (χ1n) is 12.8. The summed E-state index contributed by atoms with van der Waals surface area (Å²) < 4.78 is 5.30. The third-order valence-electron chi connectivity index (χ3n) is 7.36. The van der Waals surface area contributed by atoms with E-state index in [4.69, 9.17) is 4.74 Å². The van der Waals surface area contributed by atoms with Gasteiger partial charge in [-0.15, -0.1) is 0 Å². The molecule has 1 saturated carbocycles. The summed E-state index contributed by atoms with van der Waals surface area (Å²) in [6, 6.07) is 9.97. The van der Waals surface area contributed by atoms with Crippen LogP contribution in [0.15, 0.2) is 30.3 Å². The van der Waals surface area contributed by atoms with Crippen LogP contribution in [0.1, 0.15) is 42.4 Å². The standard InChI is InChI=1S/C28H39N5O3/c1-18-14-22(29-12-13-32(3)4)16-25-24(18)17-33(28(35)31-25)23-9-6-20(7-10-23)27(34)30-21-8-11-26(36-5)19(2)15-21/h8,11,14-16,20,23,29H,6-7,9-10,12-13,17H2,1-5H3,(H,30,34)(H,31,35). The van der Waals surface area contributed by atoms with E-state index < -0.39 is 0 Å². The van der Waals surface area contributed by atoms with Crippen molar-refractivity contribution < 1.29 is 14.3 Å². The van der Waals surface area contributed by atoms with Gasteiger partial charge in [-0.1, -0.05) is 0 Å². The van der Waals surface area contributed by atoms with Gasteiger partial charge in [-0.25, -0.2) is 4.79 Å². The van der Waals surface area contributed by atoms with Crippen molar-refractivity contribution in [1.82, 2.24) is 9.80 Å². The number of benzene rings is 2. The molecule has 1 heterocycles. The number of rotatable bonds is 8. The summed E-state index contributed by atoms with van der Waals surface area (Å²) in [7, 11) is 5.75. The number of likely N-dealkylation sites (N-methyl/N-ethyl adjacent to an activating group) is 1. The maximum atomic E-state index is 13.0. The van der Waals surface area contributed by atoms with Crippen molar-refractivity contribution in [3.05, 3.63) is 47.0 Å². The molecule has 2 aromatic carbocycles. The minimum absolute atomic E-state index is 0.0404. The fraction of sp³-hybridized carbons (Fsp3) is 0.500. The first kappa shape index (κ1) is 25.8. The van der Waals surface area contributed by atoms with E-state index in [2.05, 4.69) is 47.9 Å². The van der Waals surface area contributed by atoms with Gasteiger partial charge in [0, 0.05) is 42.1 Å². The number of hydrogen-bond acceptors (Lipinski definition) is 5. The summed E-state index contributed by atoms with van der Waals surface area (Å²) in [4.78, 5) is 30.0. The molecule has 0 spiro atoms. The highest BCUT2D eigenvalue weighted by Crippen LogP contribution is 2.35. The zero-order valence-electron chi connectivity index (χ0n) is 22.1. The number of aryl methyl sites for hydroxylation is 2. The highest BCUT2D eigenvalue weighted by atomic mass is 16.5. The van der Waals surface area contributed by atoms with Gasteiger partial charge in [0.1, 0.15) is 5.75 Å². The summed E-state index contributed by atoms with van der Waals surface area (Å²) in [5, 5.41) is 9.62. The second-order valence-corrected chi connectivity index (χ2v) is 10.3. The molecule has 8 nitrogen and oxygen atoms in total. The van der Waals surface area contributed by atoms with Gasteiger partial charge in [0.25, 0.3) is 0 Å². The molecule has 0 radical (unpaired) electrons. The Morgan fingerprint density at radius 2 is 1.81 bits per heavy atom. The summed E-state index contributed by atoms with van der Waals surface area (Å²) in [5.41, 5.74) is 6.04. The van der Waals surface area contributed by atoms with Gasteiger partial charge in [-0.2, -0.15) is 0 Å². The third kappa shape index (κ3) is 5.93. The van der Waals surface area contributed by atoms with Crippen LogP contribution in [-0.2, 0) is 11.3 Å². The van der Waals surface area contributed by atoms with Crippen molar-refractivity contribution in [2.45, 2.75) is 52.1 Å². The van der Waals surface area contributed by atoms with Gasteiger partial charge in [-0.3, -0.25) is 4.79 Å². The zero-order valence-corrected chi connectivity index (χ0v) is 22.1. The number of urea groups is 1. The Morgan fingerprint density at radius 1 is 1.08 bits per heavy atom. The van der Waals surface area contributed by atoms with Crippen LogP contribution < -0.4 is 20.7 Å². The number of carbonyl (C=O) groups is 2. The SMILES string of the molecule is COc1ccc(NC(=O)C2CCC(N3Cc4c(C)cc(NCCN(C)C)cc4NC3=O)CC2)cc1C. The molecule has 0 unspecified atom stereocenters. The highest BCUT2D eigenvalue weighted by molar-refractivity contribution is 5.94. The number of nitrogens with one attached hydrogen (secondary N) is 3. The summed E-state index contributed by atoms with van der Waals surface area (Å²) in [6.45, 7) is 6.47. The molecule has 2 aliphatic rings. The van der Waals surface area contributed by atoms with Gasteiger partial charge in [0.15, 0.2) is 0 Å². The molecule has 0 aromatic heterocycles. The monoisotopic (exact) mass is 493 g/mol. The molecule has 0 atom stereocenters. The fourth-order valence-electron chi connectivity index (χ4n) is 5.24. The van der Waals surface area contributed by atoms with Crippen molar-refractivity contribution in [2.75, 3.05) is 50.2 Å². The fourth-order valence-corrected chi connectivity index (χ4v) is 5.24. The lowest BCUT2D eigenvalue weighted by molar-refractivity contribution is -0.121. The molecule has 1 fully saturated rings. The molecule has 3 amide bonds. The van der Waals surface area contributed by atoms with Crippen LogP contribution in [0.5, 0.6) is 5.75 Å². The molecule has 0 saturated heterocycles. The average molecular weight is 494 g/mol. The molecule has 1 aliphatic heterocycles. The van der Waals surface area contributed by atoms with E-state index in [0.717, 1.165) is 67.1 Å². The van der Waals surface area contributed by atoms with E-state index >= 15 is 0 Å². The van der Waals surface area contributed by atoms with Crippen molar-refractivity contribution in [1.29, 1.82) is 0 Å². The zero-order chi connectivity index (χ0) is 25.8. The second-order valence-electron chi connectivity index (χ2n) is 10.3. The van der Waals surface area contributed by atoms with E-state index in [9.17, 15) is 9.59 Å². The van der Waals surface area contributed by atoms with E-state index in [1.54, 1.807) is 7.11 Å². The second kappa shape index (κ2) is 11.2. The molecular formula is C28H39N5O3. The van der Waals surface area contributed by atoms with Crippen LogP contribution in [0.2, 0.25) is 0 Å². The molecular weight excluding hydrogens is 454 g/mol. The number of fused-ring (bicyclic) bond motifs is 1. The quantitative estimate of drug-likeness (QED) is 0.490. The normalized spacial score (nSPS) is 19.5. The summed E-state index contributed by atoms with van der Waals surface area (Å²) in [5.74, 6) is 0.819. The smallest absolute Gasteiger partial charge is 0.322 e. The Labute approximate surface area is 214 Å². The first-order valence-corrected chi connectivity index (χ1v) is 12.8. The van der Waals surface area contributed by atoms with Gasteiger partial charge in [-0.05, 0) is 101 Å². The number of methoxy groups -OCH3 is 1.